The fourth-order valence-electron chi connectivity index (χ4n) is 2.51. The molecule has 0 saturated heterocycles. The van der Waals surface area contributed by atoms with E-state index in [1.807, 2.05) is 0 Å². The minimum absolute atomic E-state index is 0.187. The first kappa shape index (κ1) is 21.6. The Hall–Kier alpha value is -1.42. The van der Waals surface area contributed by atoms with Crippen molar-refractivity contribution in [3.63, 3.8) is 0 Å². The smallest absolute Gasteiger partial charge is 0.234 e. The first-order chi connectivity index (χ1) is 10.5. The van der Waals surface area contributed by atoms with Crippen molar-refractivity contribution in [1.82, 2.24) is 9.80 Å². The second-order valence-electron chi connectivity index (χ2n) is 5.53. The summed E-state index contributed by atoms with van der Waals surface area (Å²) in [5.41, 5.74) is 8.69. The lowest BCUT2D eigenvalue weighted by Crippen LogP contribution is -2.64. The van der Waals surface area contributed by atoms with Crippen LogP contribution in [0.5, 0.6) is 0 Å². The van der Waals surface area contributed by atoms with Crippen LogP contribution in [0.15, 0.2) is 0 Å². The highest BCUT2D eigenvalue weighted by Crippen LogP contribution is 2.39. The molecule has 2 unspecified atom stereocenters. The summed E-state index contributed by atoms with van der Waals surface area (Å²) in [5.74, 6) is -6.37. The summed E-state index contributed by atoms with van der Waals surface area (Å²) in [4.78, 5) is 51.8. The van der Waals surface area contributed by atoms with Gasteiger partial charge in [-0.15, -0.1) is 0 Å². The van der Waals surface area contributed by atoms with E-state index in [0.717, 1.165) is 0 Å². The Bertz CT molecular complexity index is 452. The van der Waals surface area contributed by atoms with Crippen LogP contribution in [0.3, 0.4) is 0 Å². The molecular weight excluding hydrogens is 340 g/mol. The normalized spacial score (nSPS) is 13.8. The number of amides is 4. The van der Waals surface area contributed by atoms with E-state index in [1.165, 1.54) is 38.0 Å². The van der Waals surface area contributed by atoms with Crippen LogP contribution in [-0.4, -0.2) is 73.1 Å². The zero-order valence-corrected chi connectivity index (χ0v) is 15.4. The molecule has 10 heteroatoms. The minimum Gasteiger partial charge on any atom is -0.369 e. The summed E-state index contributed by atoms with van der Waals surface area (Å²) < 4.78 is 0. The van der Waals surface area contributed by atoms with Gasteiger partial charge in [0.1, 0.15) is 0 Å². The van der Waals surface area contributed by atoms with Gasteiger partial charge in [0.15, 0.2) is 5.41 Å². The number of nitrogens with two attached hydrogens (primary N) is 2. The Morgan fingerprint density at radius 2 is 1.09 bits per heavy atom. The Morgan fingerprint density at radius 3 is 1.22 bits per heavy atom. The lowest BCUT2D eigenvalue weighted by atomic mass is 9.65. The number of thiol groups is 2. The third-order valence-electron chi connectivity index (χ3n) is 3.76. The molecule has 0 aromatic rings. The maximum absolute atomic E-state index is 12.5. The van der Waals surface area contributed by atoms with Crippen LogP contribution in [-0.2, 0) is 19.2 Å². The zero-order valence-electron chi connectivity index (χ0n) is 13.6. The molecule has 4 N–H and O–H groups in total. The van der Waals surface area contributed by atoms with Crippen LogP contribution in [0, 0.1) is 17.3 Å². The molecule has 8 nitrogen and oxygen atoms in total. The summed E-state index contributed by atoms with van der Waals surface area (Å²) in [5, 5.41) is 0. The minimum atomic E-state index is -2.22. The lowest BCUT2D eigenvalue weighted by molar-refractivity contribution is -0.161. The van der Waals surface area contributed by atoms with Gasteiger partial charge in [0.2, 0.25) is 23.6 Å². The average molecular weight is 364 g/mol. The highest BCUT2D eigenvalue weighted by molar-refractivity contribution is 7.80. The van der Waals surface area contributed by atoms with Crippen molar-refractivity contribution >= 4 is 48.9 Å². The molecule has 0 heterocycles. The SMILES string of the molecule is CN(C)C(=O)C(CS)C(C(N)=O)(C(N)=O)C(CS)C(=O)N(C)C. The maximum atomic E-state index is 12.5. The number of carbonyl (C=O) groups excluding carboxylic acids is 4. The summed E-state index contributed by atoms with van der Waals surface area (Å²) >= 11 is 8.15. The fourth-order valence-corrected chi connectivity index (χ4v) is 3.40. The molecule has 4 amide bonds. The number of nitrogens with zero attached hydrogens (tertiary/aromatic N) is 2. The number of hydrogen-bond acceptors (Lipinski definition) is 6. The van der Waals surface area contributed by atoms with E-state index in [-0.39, 0.29) is 11.5 Å². The van der Waals surface area contributed by atoms with Crippen molar-refractivity contribution < 1.29 is 19.2 Å². The quantitative estimate of drug-likeness (QED) is 0.300. The van der Waals surface area contributed by atoms with Gasteiger partial charge in [-0.05, 0) is 0 Å². The highest BCUT2D eigenvalue weighted by atomic mass is 32.1. The predicted molar refractivity (Wildman–Crippen MR) is 92.9 cm³/mol. The molecule has 23 heavy (non-hydrogen) atoms. The lowest BCUT2D eigenvalue weighted by Gasteiger charge is -2.40. The molecule has 0 aromatic heterocycles. The standard InChI is InChI=1S/C13H24N4O4S2/c1-16(2)9(18)7(5-22)13(11(14)20,12(15)21)8(6-23)10(19)17(3)4/h7-8,22-23H,5-6H2,1-4H3,(H2,14,20)(H2,15,21). The molecule has 0 bridgehead atoms. The Balaban J connectivity index is 6.52. The van der Waals surface area contributed by atoms with E-state index in [9.17, 15) is 19.2 Å². The largest absolute Gasteiger partial charge is 0.369 e. The third-order valence-corrected chi connectivity index (χ3v) is 4.49. The van der Waals surface area contributed by atoms with Gasteiger partial charge in [0.25, 0.3) is 0 Å². The first-order valence-electron chi connectivity index (χ1n) is 6.73. The molecule has 0 aliphatic heterocycles. The van der Waals surface area contributed by atoms with E-state index in [0.29, 0.717) is 0 Å². The van der Waals surface area contributed by atoms with Crippen molar-refractivity contribution in [2.45, 2.75) is 0 Å². The van der Waals surface area contributed by atoms with Crippen molar-refractivity contribution in [2.75, 3.05) is 39.7 Å². The Kier molecular flexibility index (Phi) is 7.92. The molecular formula is C13H24N4O4S2. The summed E-state index contributed by atoms with van der Waals surface area (Å²) in [7, 11) is 5.81. The van der Waals surface area contributed by atoms with Gasteiger partial charge >= 0.3 is 0 Å². The van der Waals surface area contributed by atoms with E-state index in [2.05, 4.69) is 25.3 Å². The number of hydrogen-bond donors (Lipinski definition) is 4. The van der Waals surface area contributed by atoms with E-state index in [4.69, 9.17) is 11.5 Å². The van der Waals surface area contributed by atoms with Crippen molar-refractivity contribution in [1.29, 1.82) is 0 Å². The van der Waals surface area contributed by atoms with Gasteiger partial charge in [-0.1, -0.05) is 0 Å². The summed E-state index contributed by atoms with van der Waals surface area (Å²) in [6.07, 6.45) is 0. The Morgan fingerprint density at radius 1 is 0.826 bits per heavy atom. The van der Waals surface area contributed by atoms with Crippen LogP contribution in [0.1, 0.15) is 0 Å². The van der Waals surface area contributed by atoms with Gasteiger partial charge in [0.05, 0.1) is 11.8 Å². The molecule has 0 aliphatic rings. The van der Waals surface area contributed by atoms with E-state index in [1.54, 1.807) is 0 Å². The molecule has 0 fully saturated rings. The molecule has 0 saturated carbocycles. The predicted octanol–water partition coefficient (Wildman–Crippen LogP) is -1.79. The number of rotatable bonds is 8. The van der Waals surface area contributed by atoms with Crippen molar-refractivity contribution in [3.05, 3.63) is 0 Å². The monoisotopic (exact) mass is 364 g/mol. The van der Waals surface area contributed by atoms with Crippen LogP contribution < -0.4 is 11.5 Å². The van der Waals surface area contributed by atoms with Gasteiger partial charge in [-0.3, -0.25) is 19.2 Å². The molecule has 132 valence electrons. The number of carbonyl (C=O) groups is 4. The van der Waals surface area contributed by atoms with Crippen LogP contribution in [0.25, 0.3) is 0 Å². The van der Waals surface area contributed by atoms with E-state index < -0.39 is 40.9 Å². The van der Waals surface area contributed by atoms with Crippen LogP contribution >= 0.6 is 25.3 Å². The van der Waals surface area contributed by atoms with Crippen molar-refractivity contribution in [2.24, 2.45) is 28.7 Å². The molecule has 0 aliphatic carbocycles. The van der Waals surface area contributed by atoms with Gasteiger partial charge in [-0.25, -0.2) is 0 Å². The second-order valence-corrected chi connectivity index (χ2v) is 6.26. The summed E-state index contributed by atoms with van der Waals surface area (Å²) in [6.45, 7) is 0. The van der Waals surface area contributed by atoms with Gasteiger partial charge in [-0.2, -0.15) is 25.3 Å². The first-order valence-corrected chi connectivity index (χ1v) is 8.00. The highest BCUT2D eigenvalue weighted by Gasteiger charge is 2.60. The molecule has 2 atom stereocenters. The van der Waals surface area contributed by atoms with Crippen molar-refractivity contribution in [3.8, 4) is 0 Å². The summed E-state index contributed by atoms with van der Waals surface area (Å²) in [6, 6.07) is 0. The Labute approximate surface area is 146 Å². The second kappa shape index (κ2) is 8.44. The van der Waals surface area contributed by atoms with Gasteiger partial charge < -0.3 is 21.3 Å². The molecule has 0 rings (SSSR count). The topological polar surface area (TPSA) is 127 Å². The maximum Gasteiger partial charge on any atom is 0.234 e. The van der Waals surface area contributed by atoms with Gasteiger partial charge in [0, 0.05) is 39.7 Å². The molecule has 0 radical (unpaired) electrons. The molecule has 0 aromatic carbocycles. The fraction of sp³-hybridized carbons (Fsp3) is 0.692. The number of primary amides is 2. The van der Waals surface area contributed by atoms with Crippen LogP contribution in [0.2, 0.25) is 0 Å². The third kappa shape index (κ3) is 3.92. The molecule has 0 spiro atoms. The zero-order chi connectivity index (χ0) is 18.5. The average Bonchev–Trinajstić information content (AvgIpc) is 2.45. The van der Waals surface area contributed by atoms with E-state index >= 15 is 0 Å². The van der Waals surface area contributed by atoms with Crippen LogP contribution in [0.4, 0.5) is 0 Å².